The van der Waals surface area contributed by atoms with Crippen molar-refractivity contribution in [3.63, 3.8) is 0 Å². The van der Waals surface area contributed by atoms with Gasteiger partial charge in [-0.3, -0.25) is 5.21 Å². The Bertz CT molecular complexity index is 566. The predicted molar refractivity (Wildman–Crippen MR) is 98.8 cm³/mol. The molecule has 0 aliphatic carbocycles. The zero-order valence-corrected chi connectivity index (χ0v) is 15.3. The molecule has 1 fully saturated rings. The molecule has 0 bridgehead atoms. The summed E-state index contributed by atoms with van der Waals surface area (Å²) in [4.78, 5) is 14.4. The van der Waals surface area contributed by atoms with Crippen molar-refractivity contribution in [3.8, 4) is 0 Å². The summed E-state index contributed by atoms with van der Waals surface area (Å²) in [5.41, 5.74) is 0.211. The Morgan fingerprint density at radius 1 is 1.43 bits per heavy atom. The molecule has 1 atom stereocenters. The quantitative estimate of drug-likeness (QED) is 0.473. The van der Waals surface area contributed by atoms with Crippen molar-refractivity contribution in [2.75, 3.05) is 11.9 Å². The van der Waals surface area contributed by atoms with Gasteiger partial charge in [0.25, 0.3) is 0 Å². The topological polar surface area (TPSA) is 55.8 Å². The molecule has 5 nitrogen and oxygen atoms in total. The average Bonchev–Trinajstić information content (AvgIpc) is 2.75. The van der Waals surface area contributed by atoms with Crippen LogP contribution in [0.25, 0.3) is 0 Å². The highest BCUT2D eigenvalue weighted by molar-refractivity contribution is 8.23. The van der Waals surface area contributed by atoms with E-state index < -0.39 is 16.9 Å². The molecule has 2 amide bonds. The van der Waals surface area contributed by atoms with Crippen LogP contribution in [0.2, 0.25) is 0 Å². The van der Waals surface area contributed by atoms with Crippen molar-refractivity contribution in [1.82, 2.24) is 9.96 Å². The second kappa shape index (κ2) is 7.51. The molecule has 1 aliphatic heterocycles. The standard InChI is InChI=1S/C16H23N3O2S2/c1-4-5-11-18-15(22)23-13(16(18,2)3)19(21)14(20)17-12-9-7-6-8-10-12/h6-10,13,21H,4-5,11H2,1-3H3,(H,17,20). The summed E-state index contributed by atoms with van der Waals surface area (Å²) >= 11 is 6.79. The monoisotopic (exact) mass is 353 g/mol. The molecule has 1 saturated heterocycles. The lowest BCUT2D eigenvalue weighted by atomic mass is 10.0. The molecule has 7 heteroatoms. The van der Waals surface area contributed by atoms with Crippen molar-refractivity contribution in [1.29, 1.82) is 0 Å². The van der Waals surface area contributed by atoms with Gasteiger partial charge >= 0.3 is 6.03 Å². The lowest BCUT2D eigenvalue weighted by molar-refractivity contribution is -0.0734. The number of rotatable bonds is 5. The summed E-state index contributed by atoms with van der Waals surface area (Å²) < 4.78 is 0.722. The van der Waals surface area contributed by atoms with Gasteiger partial charge < -0.3 is 10.2 Å². The van der Waals surface area contributed by atoms with E-state index in [2.05, 4.69) is 17.1 Å². The maximum atomic E-state index is 12.3. The number of thiocarbonyl (C=S) groups is 1. The number of unbranched alkanes of at least 4 members (excludes halogenated alkanes) is 1. The van der Waals surface area contributed by atoms with Gasteiger partial charge in [-0.25, -0.2) is 4.79 Å². The number of nitrogens with one attached hydrogen (secondary N) is 1. The van der Waals surface area contributed by atoms with Crippen LogP contribution in [0.15, 0.2) is 30.3 Å². The van der Waals surface area contributed by atoms with Gasteiger partial charge in [-0.05, 0) is 32.4 Å². The number of thioether (sulfide) groups is 1. The Kier molecular flexibility index (Phi) is 5.89. The minimum atomic E-state index is -0.554. The number of benzene rings is 1. The molecular weight excluding hydrogens is 330 g/mol. The zero-order chi connectivity index (χ0) is 17.0. The van der Waals surface area contributed by atoms with Crippen LogP contribution in [-0.2, 0) is 0 Å². The number of anilines is 1. The molecule has 1 heterocycles. The molecular formula is C16H23N3O2S2. The largest absolute Gasteiger partial charge is 0.349 e. The molecule has 2 rings (SSSR count). The summed E-state index contributed by atoms with van der Waals surface area (Å²) in [6.07, 6.45) is 2.10. The summed E-state index contributed by atoms with van der Waals surface area (Å²) in [6, 6.07) is 8.52. The van der Waals surface area contributed by atoms with Crippen LogP contribution in [0.3, 0.4) is 0 Å². The van der Waals surface area contributed by atoms with E-state index in [-0.39, 0.29) is 0 Å². The number of nitrogens with zero attached hydrogens (tertiary/aromatic N) is 2. The molecule has 23 heavy (non-hydrogen) atoms. The fourth-order valence-corrected chi connectivity index (χ4v) is 4.38. The first-order valence-electron chi connectivity index (χ1n) is 7.70. The van der Waals surface area contributed by atoms with Crippen molar-refractivity contribution >= 4 is 40.0 Å². The van der Waals surface area contributed by atoms with Crippen LogP contribution < -0.4 is 5.32 Å². The van der Waals surface area contributed by atoms with Crippen molar-refractivity contribution in [2.45, 2.75) is 44.5 Å². The number of amides is 2. The first-order chi connectivity index (χ1) is 10.9. The molecule has 2 N–H and O–H groups in total. The maximum absolute atomic E-state index is 12.3. The summed E-state index contributed by atoms with van der Waals surface area (Å²) in [5.74, 6) is 0. The van der Waals surface area contributed by atoms with Gasteiger partial charge in [-0.1, -0.05) is 55.5 Å². The van der Waals surface area contributed by atoms with E-state index in [1.807, 2.05) is 32.0 Å². The number of carbonyl (C=O) groups is 1. The third-order valence-corrected chi connectivity index (χ3v) is 5.85. The van der Waals surface area contributed by atoms with E-state index in [9.17, 15) is 10.0 Å². The average molecular weight is 354 g/mol. The summed E-state index contributed by atoms with van der Waals surface area (Å²) in [7, 11) is 0. The number of hydroxylamine groups is 2. The van der Waals surface area contributed by atoms with Gasteiger partial charge in [0, 0.05) is 12.2 Å². The van der Waals surface area contributed by atoms with Crippen LogP contribution >= 0.6 is 24.0 Å². The van der Waals surface area contributed by atoms with Gasteiger partial charge in [0.15, 0.2) is 0 Å². The number of carbonyl (C=O) groups excluding carboxylic acids is 1. The molecule has 0 radical (unpaired) electrons. The Balaban J connectivity index is 2.08. The lowest BCUT2D eigenvalue weighted by Crippen LogP contribution is -2.54. The van der Waals surface area contributed by atoms with Gasteiger partial charge in [0.1, 0.15) is 9.69 Å². The molecule has 1 aromatic carbocycles. The van der Waals surface area contributed by atoms with E-state index in [1.165, 1.54) is 11.8 Å². The maximum Gasteiger partial charge on any atom is 0.346 e. The Morgan fingerprint density at radius 2 is 2.09 bits per heavy atom. The minimum absolute atomic E-state index is 0.431. The van der Waals surface area contributed by atoms with E-state index in [4.69, 9.17) is 12.2 Å². The van der Waals surface area contributed by atoms with Gasteiger partial charge in [0.05, 0.1) is 5.54 Å². The van der Waals surface area contributed by atoms with E-state index in [1.54, 1.807) is 12.1 Å². The first kappa shape index (κ1) is 18.0. The summed E-state index contributed by atoms with van der Waals surface area (Å²) in [5, 5.41) is 13.4. The third kappa shape index (κ3) is 3.97. The smallest absolute Gasteiger partial charge is 0.346 e. The predicted octanol–water partition coefficient (Wildman–Crippen LogP) is 4.15. The minimum Gasteiger partial charge on any atom is -0.349 e. The SMILES string of the molecule is CCCCN1C(=S)SC(N(O)C(=O)Nc2ccccc2)C1(C)C. The second-order valence-electron chi connectivity index (χ2n) is 6.04. The molecule has 1 unspecified atom stereocenters. The van der Waals surface area contributed by atoms with Crippen LogP contribution in [-0.4, -0.2) is 43.0 Å². The Hall–Kier alpha value is -1.31. The van der Waals surface area contributed by atoms with Crippen LogP contribution in [0.1, 0.15) is 33.6 Å². The molecule has 0 aromatic heterocycles. The Labute approximate surface area is 147 Å². The van der Waals surface area contributed by atoms with Gasteiger partial charge in [-0.15, -0.1) is 0 Å². The highest BCUT2D eigenvalue weighted by Gasteiger charge is 2.49. The Morgan fingerprint density at radius 3 is 2.70 bits per heavy atom. The summed E-state index contributed by atoms with van der Waals surface area (Å²) in [6.45, 7) is 6.96. The zero-order valence-electron chi connectivity index (χ0n) is 13.7. The first-order valence-corrected chi connectivity index (χ1v) is 8.99. The second-order valence-corrected chi connectivity index (χ2v) is 7.75. The third-order valence-electron chi connectivity index (χ3n) is 3.92. The number of para-hydroxylation sites is 1. The molecule has 0 spiro atoms. The van der Waals surface area contributed by atoms with E-state index in [0.717, 1.165) is 28.8 Å². The van der Waals surface area contributed by atoms with Crippen LogP contribution in [0, 0.1) is 0 Å². The van der Waals surface area contributed by atoms with Gasteiger partial charge in [0.2, 0.25) is 0 Å². The number of hydrogen-bond acceptors (Lipinski definition) is 4. The normalized spacial score (nSPS) is 19.7. The van der Waals surface area contributed by atoms with Crippen LogP contribution in [0.5, 0.6) is 0 Å². The molecule has 126 valence electrons. The van der Waals surface area contributed by atoms with E-state index in [0.29, 0.717) is 5.69 Å². The van der Waals surface area contributed by atoms with Gasteiger partial charge in [-0.2, -0.15) is 5.06 Å². The molecule has 1 aromatic rings. The fourth-order valence-electron chi connectivity index (χ4n) is 2.53. The van der Waals surface area contributed by atoms with Crippen molar-refractivity contribution in [3.05, 3.63) is 30.3 Å². The highest BCUT2D eigenvalue weighted by atomic mass is 32.2. The lowest BCUT2D eigenvalue weighted by Gasteiger charge is -2.38. The van der Waals surface area contributed by atoms with Crippen molar-refractivity contribution in [2.24, 2.45) is 0 Å². The fraction of sp³-hybridized carbons (Fsp3) is 0.500. The number of hydrogen-bond donors (Lipinski definition) is 2. The van der Waals surface area contributed by atoms with Crippen LogP contribution in [0.4, 0.5) is 10.5 Å². The highest BCUT2D eigenvalue weighted by Crippen LogP contribution is 2.41. The number of urea groups is 1. The molecule has 1 aliphatic rings. The molecule has 0 saturated carbocycles. The van der Waals surface area contributed by atoms with Crippen molar-refractivity contribution < 1.29 is 10.0 Å². The van der Waals surface area contributed by atoms with E-state index >= 15 is 0 Å².